The predicted molar refractivity (Wildman–Crippen MR) is 52.5 cm³/mol. The Kier molecular flexibility index (Phi) is 3.03. The summed E-state index contributed by atoms with van der Waals surface area (Å²) in [5.74, 6) is 1.95. The van der Waals surface area contributed by atoms with Gasteiger partial charge in [0.2, 0.25) is 0 Å². The Bertz CT molecular complexity index is 275. The van der Waals surface area contributed by atoms with E-state index in [9.17, 15) is 0 Å². The minimum atomic E-state index is 0.140. The van der Waals surface area contributed by atoms with E-state index < -0.39 is 0 Å². The van der Waals surface area contributed by atoms with Crippen LogP contribution < -0.4 is 5.73 Å². The molecule has 1 aromatic rings. The van der Waals surface area contributed by atoms with Crippen LogP contribution in [0.5, 0.6) is 0 Å². The van der Waals surface area contributed by atoms with Gasteiger partial charge in [-0.15, -0.1) is 10.2 Å². The second kappa shape index (κ2) is 3.87. The van der Waals surface area contributed by atoms with Crippen LogP contribution in [0.4, 0.5) is 0 Å². The van der Waals surface area contributed by atoms with Crippen molar-refractivity contribution in [3.63, 3.8) is 0 Å². The topological polar surface area (TPSA) is 56.7 Å². The van der Waals surface area contributed by atoms with Crippen molar-refractivity contribution in [3.8, 4) is 0 Å². The SMILES string of the molecule is Cc1nnc(CC(C)N)n1C(C)C. The number of aryl methyl sites for hydroxylation is 1. The van der Waals surface area contributed by atoms with Crippen LogP contribution >= 0.6 is 0 Å². The van der Waals surface area contributed by atoms with Crippen molar-refractivity contribution < 1.29 is 0 Å². The smallest absolute Gasteiger partial charge is 0.134 e. The summed E-state index contributed by atoms with van der Waals surface area (Å²) < 4.78 is 2.13. The number of rotatable bonds is 3. The van der Waals surface area contributed by atoms with Crippen LogP contribution in [0.1, 0.15) is 38.5 Å². The van der Waals surface area contributed by atoms with E-state index in [4.69, 9.17) is 5.73 Å². The van der Waals surface area contributed by atoms with Gasteiger partial charge in [-0.05, 0) is 27.7 Å². The fraction of sp³-hybridized carbons (Fsp3) is 0.778. The molecule has 74 valence electrons. The van der Waals surface area contributed by atoms with Crippen molar-refractivity contribution in [2.45, 2.75) is 46.2 Å². The molecular formula is C9H18N4. The molecule has 0 amide bonds. The molecule has 1 heterocycles. The van der Waals surface area contributed by atoms with Gasteiger partial charge in [0, 0.05) is 18.5 Å². The lowest BCUT2D eigenvalue weighted by atomic mass is 10.2. The average molecular weight is 182 g/mol. The molecule has 0 spiro atoms. The van der Waals surface area contributed by atoms with E-state index >= 15 is 0 Å². The van der Waals surface area contributed by atoms with Crippen LogP contribution in [0.3, 0.4) is 0 Å². The molecule has 1 rings (SSSR count). The second-order valence-electron chi connectivity index (χ2n) is 3.81. The first-order valence-corrected chi connectivity index (χ1v) is 4.68. The Morgan fingerprint density at radius 1 is 1.31 bits per heavy atom. The van der Waals surface area contributed by atoms with Gasteiger partial charge in [0.05, 0.1) is 0 Å². The van der Waals surface area contributed by atoms with Crippen LogP contribution in [0.25, 0.3) is 0 Å². The zero-order valence-electron chi connectivity index (χ0n) is 8.78. The molecule has 4 nitrogen and oxygen atoms in total. The standard InChI is InChI=1S/C9H18N4/c1-6(2)13-8(4)11-12-9(13)5-7(3)10/h6-7H,5,10H2,1-4H3. The van der Waals surface area contributed by atoms with E-state index in [-0.39, 0.29) is 6.04 Å². The van der Waals surface area contributed by atoms with Crippen molar-refractivity contribution >= 4 is 0 Å². The molecule has 4 heteroatoms. The lowest BCUT2D eigenvalue weighted by Gasteiger charge is -2.13. The van der Waals surface area contributed by atoms with Gasteiger partial charge >= 0.3 is 0 Å². The van der Waals surface area contributed by atoms with Gasteiger partial charge in [0.1, 0.15) is 11.6 Å². The highest BCUT2D eigenvalue weighted by molar-refractivity contribution is 4.97. The Balaban J connectivity index is 2.94. The van der Waals surface area contributed by atoms with E-state index in [1.54, 1.807) is 0 Å². The first-order valence-electron chi connectivity index (χ1n) is 4.68. The molecule has 0 aliphatic heterocycles. The van der Waals surface area contributed by atoms with Crippen molar-refractivity contribution in [2.75, 3.05) is 0 Å². The summed E-state index contributed by atoms with van der Waals surface area (Å²) in [7, 11) is 0. The molecule has 0 aliphatic rings. The fourth-order valence-corrected chi connectivity index (χ4v) is 1.51. The van der Waals surface area contributed by atoms with Gasteiger partial charge in [0.15, 0.2) is 0 Å². The largest absolute Gasteiger partial charge is 0.328 e. The molecular weight excluding hydrogens is 164 g/mol. The molecule has 0 bridgehead atoms. The molecule has 1 unspecified atom stereocenters. The number of aromatic nitrogens is 3. The first-order chi connectivity index (χ1) is 6.02. The van der Waals surface area contributed by atoms with Crippen LogP contribution in [0.2, 0.25) is 0 Å². The van der Waals surface area contributed by atoms with Gasteiger partial charge in [-0.3, -0.25) is 0 Å². The highest BCUT2D eigenvalue weighted by Gasteiger charge is 2.12. The molecule has 0 fully saturated rings. The van der Waals surface area contributed by atoms with E-state index in [0.717, 1.165) is 18.1 Å². The Morgan fingerprint density at radius 2 is 1.92 bits per heavy atom. The number of nitrogens with two attached hydrogens (primary N) is 1. The highest BCUT2D eigenvalue weighted by Crippen LogP contribution is 2.11. The summed E-state index contributed by atoms with van der Waals surface area (Å²) in [5, 5.41) is 8.16. The van der Waals surface area contributed by atoms with Gasteiger partial charge in [-0.1, -0.05) is 0 Å². The van der Waals surface area contributed by atoms with E-state index in [1.807, 2.05) is 13.8 Å². The Hall–Kier alpha value is -0.900. The summed E-state index contributed by atoms with van der Waals surface area (Å²) in [4.78, 5) is 0. The molecule has 0 radical (unpaired) electrons. The first kappa shape index (κ1) is 10.2. The molecule has 0 aromatic carbocycles. The molecule has 13 heavy (non-hydrogen) atoms. The zero-order chi connectivity index (χ0) is 10.0. The third-order valence-corrected chi connectivity index (χ3v) is 1.96. The lowest BCUT2D eigenvalue weighted by molar-refractivity contribution is 0.539. The van der Waals surface area contributed by atoms with Crippen LogP contribution in [-0.2, 0) is 6.42 Å². The Labute approximate surface area is 79.2 Å². The highest BCUT2D eigenvalue weighted by atomic mass is 15.3. The van der Waals surface area contributed by atoms with Crippen molar-refractivity contribution in [1.29, 1.82) is 0 Å². The fourth-order valence-electron chi connectivity index (χ4n) is 1.51. The van der Waals surface area contributed by atoms with Gasteiger partial charge < -0.3 is 10.3 Å². The van der Waals surface area contributed by atoms with Gasteiger partial charge in [-0.25, -0.2) is 0 Å². The molecule has 0 aliphatic carbocycles. The maximum atomic E-state index is 5.72. The number of hydrogen-bond acceptors (Lipinski definition) is 3. The minimum Gasteiger partial charge on any atom is -0.328 e. The Morgan fingerprint density at radius 3 is 2.38 bits per heavy atom. The third kappa shape index (κ3) is 2.28. The van der Waals surface area contributed by atoms with Gasteiger partial charge in [0.25, 0.3) is 0 Å². The van der Waals surface area contributed by atoms with Crippen molar-refractivity contribution in [1.82, 2.24) is 14.8 Å². The summed E-state index contributed by atoms with van der Waals surface area (Å²) in [6.45, 7) is 8.20. The maximum Gasteiger partial charge on any atom is 0.134 e. The molecule has 0 saturated carbocycles. The summed E-state index contributed by atoms with van der Waals surface area (Å²) in [6, 6.07) is 0.546. The minimum absolute atomic E-state index is 0.140. The average Bonchev–Trinajstić information content (AvgIpc) is 2.30. The monoisotopic (exact) mass is 182 g/mol. The summed E-state index contributed by atoms with van der Waals surface area (Å²) in [6.07, 6.45) is 0.791. The van der Waals surface area contributed by atoms with E-state index in [1.165, 1.54) is 0 Å². The van der Waals surface area contributed by atoms with Gasteiger partial charge in [-0.2, -0.15) is 0 Å². The normalized spacial score (nSPS) is 13.7. The lowest BCUT2D eigenvalue weighted by Crippen LogP contribution is -2.21. The predicted octanol–water partition coefficient (Wildman–Crippen LogP) is 1.06. The van der Waals surface area contributed by atoms with E-state index in [0.29, 0.717) is 6.04 Å². The van der Waals surface area contributed by atoms with E-state index in [2.05, 4.69) is 28.6 Å². The molecule has 1 aromatic heterocycles. The van der Waals surface area contributed by atoms with Crippen LogP contribution in [0, 0.1) is 6.92 Å². The van der Waals surface area contributed by atoms with Crippen LogP contribution in [0.15, 0.2) is 0 Å². The quantitative estimate of drug-likeness (QED) is 0.760. The van der Waals surface area contributed by atoms with Crippen molar-refractivity contribution in [2.24, 2.45) is 5.73 Å². The molecule has 1 atom stereocenters. The molecule has 0 saturated heterocycles. The third-order valence-electron chi connectivity index (χ3n) is 1.96. The van der Waals surface area contributed by atoms with Crippen LogP contribution in [-0.4, -0.2) is 20.8 Å². The maximum absolute atomic E-state index is 5.72. The summed E-state index contributed by atoms with van der Waals surface area (Å²) >= 11 is 0. The molecule has 2 N–H and O–H groups in total. The zero-order valence-corrected chi connectivity index (χ0v) is 8.78. The van der Waals surface area contributed by atoms with Crippen molar-refractivity contribution in [3.05, 3.63) is 11.6 Å². The number of nitrogens with zero attached hydrogens (tertiary/aromatic N) is 3. The number of hydrogen-bond donors (Lipinski definition) is 1. The summed E-state index contributed by atoms with van der Waals surface area (Å²) in [5.41, 5.74) is 5.72. The second-order valence-corrected chi connectivity index (χ2v) is 3.81.